The molecule has 1 rings (SSSR count). The van der Waals surface area contributed by atoms with Crippen LogP contribution >= 0.6 is 15.9 Å². The summed E-state index contributed by atoms with van der Waals surface area (Å²) in [5.41, 5.74) is 1.52. The van der Waals surface area contributed by atoms with Crippen molar-refractivity contribution in [3.63, 3.8) is 0 Å². The lowest BCUT2D eigenvalue weighted by atomic mass is 9.85. The smallest absolute Gasteiger partial charge is 0.0266 e. The predicted molar refractivity (Wildman–Crippen MR) is 70.4 cm³/mol. The number of benzene rings is 1. The van der Waals surface area contributed by atoms with Crippen molar-refractivity contribution in [2.75, 3.05) is 13.1 Å². The van der Waals surface area contributed by atoms with Crippen LogP contribution in [-0.4, -0.2) is 13.1 Å². The van der Waals surface area contributed by atoms with Gasteiger partial charge in [0.2, 0.25) is 0 Å². The van der Waals surface area contributed by atoms with E-state index in [-0.39, 0.29) is 5.41 Å². The van der Waals surface area contributed by atoms with Gasteiger partial charge in [-0.25, -0.2) is 0 Å². The van der Waals surface area contributed by atoms with Crippen LogP contribution in [0, 0.1) is 0 Å². The van der Waals surface area contributed by atoms with E-state index in [0.29, 0.717) is 0 Å². The van der Waals surface area contributed by atoms with Gasteiger partial charge in [-0.15, -0.1) is 0 Å². The Bertz CT molecular complexity index is 317. The van der Waals surface area contributed by atoms with Crippen molar-refractivity contribution >= 4 is 15.9 Å². The first kappa shape index (κ1) is 12.5. The zero-order chi connectivity index (χ0) is 11.3. The van der Waals surface area contributed by atoms with E-state index >= 15 is 0 Å². The molecule has 0 aliphatic heterocycles. The third-order valence-electron chi connectivity index (χ3n) is 2.44. The van der Waals surface area contributed by atoms with E-state index in [2.05, 4.69) is 65.9 Å². The van der Waals surface area contributed by atoms with Crippen molar-refractivity contribution in [3.05, 3.63) is 47.0 Å². The van der Waals surface area contributed by atoms with Crippen molar-refractivity contribution < 1.29 is 0 Å². The Labute approximate surface area is 101 Å². The van der Waals surface area contributed by atoms with Gasteiger partial charge >= 0.3 is 0 Å². The molecule has 0 atom stereocenters. The van der Waals surface area contributed by atoms with E-state index in [1.807, 2.05) is 6.07 Å². The van der Waals surface area contributed by atoms with Crippen molar-refractivity contribution in [1.29, 1.82) is 0 Å². The van der Waals surface area contributed by atoms with Gasteiger partial charge in [0.05, 0.1) is 0 Å². The fourth-order valence-electron chi connectivity index (χ4n) is 1.50. The summed E-state index contributed by atoms with van der Waals surface area (Å²) in [6.07, 6.45) is 0. The van der Waals surface area contributed by atoms with E-state index in [1.165, 1.54) is 5.56 Å². The predicted octanol–water partition coefficient (Wildman–Crippen LogP) is 3.46. The van der Waals surface area contributed by atoms with Crippen LogP contribution < -0.4 is 5.32 Å². The van der Waals surface area contributed by atoms with Crippen LogP contribution in [0.15, 0.2) is 41.4 Å². The Morgan fingerprint density at radius 1 is 1.33 bits per heavy atom. The number of hydrogen-bond acceptors (Lipinski definition) is 1. The lowest BCUT2D eigenvalue weighted by Crippen LogP contribution is -2.33. The second-order valence-corrected chi connectivity index (χ2v) is 5.49. The molecule has 0 amide bonds. The standard InChI is InChI=1S/C13H18BrN/c1-11(14)9-15-10-13(2,3)12-7-5-4-6-8-12/h4-8,15H,1,9-10H2,2-3H3. The van der Waals surface area contributed by atoms with Gasteiger partial charge < -0.3 is 5.32 Å². The van der Waals surface area contributed by atoms with Gasteiger partial charge in [-0.3, -0.25) is 0 Å². The summed E-state index contributed by atoms with van der Waals surface area (Å²) in [5, 5.41) is 3.38. The van der Waals surface area contributed by atoms with E-state index in [9.17, 15) is 0 Å². The van der Waals surface area contributed by atoms with Gasteiger partial charge in [0, 0.05) is 23.0 Å². The quantitative estimate of drug-likeness (QED) is 0.862. The first-order valence-corrected chi connectivity index (χ1v) is 5.91. The van der Waals surface area contributed by atoms with Gasteiger partial charge in [-0.2, -0.15) is 0 Å². The summed E-state index contributed by atoms with van der Waals surface area (Å²) in [6, 6.07) is 10.6. The van der Waals surface area contributed by atoms with E-state index in [0.717, 1.165) is 17.6 Å². The number of rotatable bonds is 5. The zero-order valence-electron chi connectivity index (χ0n) is 9.39. The molecule has 0 fully saturated rings. The molecule has 0 spiro atoms. The molecule has 0 heterocycles. The molecule has 82 valence electrons. The topological polar surface area (TPSA) is 12.0 Å². The van der Waals surface area contributed by atoms with Crippen LogP contribution in [0.3, 0.4) is 0 Å². The highest BCUT2D eigenvalue weighted by Gasteiger charge is 2.19. The van der Waals surface area contributed by atoms with Crippen LogP contribution in [0.25, 0.3) is 0 Å². The Kier molecular flexibility index (Phi) is 4.55. The summed E-state index contributed by atoms with van der Waals surface area (Å²) >= 11 is 3.34. The minimum Gasteiger partial charge on any atom is -0.311 e. The fourth-order valence-corrected chi connectivity index (χ4v) is 1.70. The van der Waals surface area contributed by atoms with Crippen molar-refractivity contribution in [3.8, 4) is 0 Å². The molecule has 1 N–H and O–H groups in total. The normalized spacial score (nSPS) is 11.4. The molecule has 15 heavy (non-hydrogen) atoms. The monoisotopic (exact) mass is 267 g/mol. The van der Waals surface area contributed by atoms with E-state index in [1.54, 1.807) is 0 Å². The molecule has 1 aromatic carbocycles. The average molecular weight is 268 g/mol. The molecule has 0 unspecified atom stereocenters. The van der Waals surface area contributed by atoms with E-state index in [4.69, 9.17) is 0 Å². The summed E-state index contributed by atoms with van der Waals surface area (Å²) in [4.78, 5) is 0. The molecule has 0 aromatic heterocycles. The van der Waals surface area contributed by atoms with Crippen LogP contribution in [0.2, 0.25) is 0 Å². The van der Waals surface area contributed by atoms with Gasteiger partial charge in [0.15, 0.2) is 0 Å². The maximum Gasteiger partial charge on any atom is 0.0266 e. The highest BCUT2D eigenvalue weighted by atomic mass is 79.9. The van der Waals surface area contributed by atoms with Gasteiger partial charge in [0.25, 0.3) is 0 Å². The lowest BCUT2D eigenvalue weighted by Gasteiger charge is -2.25. The maximum atomic E-state index is 3.80. The van der Waals surface area contributed by atoms with Gasteiger partial charge in [0.1, 0.15) is 0 Å². The molecule has 1 aromatic rings. The Hall–Kier alpha value is -0.600. The summed E-state index contributed by atoms with van der Waals surface area (Å²) < 4.78 is 0.992. The summed E-state index contributed by atoms with van der Waals surface area (Å²) in [7, 11) is 0. The van der Waals surface area contributed by atoms with Gasteiger partial charge in [-0.1, -0.05) is 66.7 Å². The third-order valence-corrected chi connectivity index (χ3v) is 2.72. The number of nitrogens with one attached hydrogen (secondary N) is 1. The molecule has 0 saturated heterocycles. The van der Waals surface area contributed by atoms with Gasteiger partial charge in [-0.05, 0) is 5.56 Å². The van der Waals surface area contributed by atoms with Crippen LogP contribution in [-0.2, 0) is 5.41 Å². The summed E-state index contributed by atoms with van der Waals surface area (Å²) in [5.74, 6) is 0. The minimum absolute atomic E-state index is 0.156. The van der Waals surface area contributed by atoms with E-state index < -0.39 is 0 Å². The highest BCUT2D eigenvalue weighted by Crippen LogP contribution is 2.21. The second kappa shape index (κ2) is 5.47. The van der Waals surface area contributed by atoms with Crippen molar-refractivity contribution in [2.24, 2.45) is 0 Å². The highest BCUT2D eigenvalue weighted by molar-refractivity contribution is 9.11. The average Bonchev–Trinajstić information content (AvgIpc) is 2.18. The molecule has 0 radical (unpaired) electrons. The Morgan fingerprint density at radius 2 is 1.93 bits per heavy atom. The molecular formula is C13H18BrN. The molecule has 2 heteroatoms. The molecule has 0 aliphatic carbocycles. The Morgan fingerprint density at radius 3 is 2.47 bits per heavy atom. The molecule has 0 aliphatic rings. The minimum atomic E-state index is 0.156. The SMILES string of the molecule is C=C(Br)CNCC(C)(C)c1ccccc1. The molecular weight excluding hydrogens is 250 g/mol. The summed E-state index contributed by atoms with van der Waals surface area (Å²) in [6.45, 7) is 10.0. The third kappa shape index (κ3) is 4.18. The number of hydrogen-bond donors (Lipinski definition) is 1. The molecule has 0 bridgehead atoms. The fraction of sp³-hybridized carbons (Fsp3) is 0.385. The largest absolute Gasteiger partial charge is 0.311 e. The second-order valence-electron chi connectivity index (χ2n) is 4.37. The van der Waals surface area contributed by atoms with Crippen LogP contribution in [0.1, 0.15) is 19.4 Å². The Balaban J connectivity index is 2.56. The van der Waals surface area contributed by atoms with Crippen LogP contribution in [0.4, 0.5) is 0 Å². The van der Waals surface area contributed by atoms with Crippen molar-refractivity contribution in [2.45, 2.75) is 19.3 Å². The maximum absolute atomic E-state index is 3.80. The lowest BCUT2D eigenvalue weighted by molar-refractivity contribution is 0.483. The first-order chi connectivity index (χ1) is 7.02. The first-order valence-electron chi connectivity index (χ1n) is 5.12. The van der Waals surface area contributed by atoms with Crippen LogP contribution in [0.5, 0.6) is 0 Å². The number of halogens is 1. The molecule has 1 nitrogen and oxygen atoms in total. The molecule has 0 saturated carbocycles. The zero-order valence-corrected chi connectivity index (χ0v) is 11.0. The van der Waals surface area contributed by atoms with Crippen molar-refractivity contribution in [1.82, 2.24) is 5.32 Å².